The molecule has 1 heterocycles. The Morgan fingerprint density at radius 3 is 2.15 bits per heavy atom. The Morgan fingerprint density at radius 1 is 1.06 bits per heavy atom. The number of anilines is 2. The van der Waals surface area contributed by atoms with Crippen molar-refractivity contribution in [3.8, 4) is 5.88 Å². The van der Waals surface area contributed by atoms with Gasteiger partial charge in [-0.1, -0.05) is 83.0 Å². The number of allylic oxidation sites excluding steroid dienone is 1. The largest absolute Gasteiger partial charge is 0.477 e. The maximum Gasteiger partial charge on any atom is 0.217 e. The molecule has 2 aromatic rings. The molecule has 1 aromatic heterocycles. The Kier molecular flexibility index (Phi) is 21.6. The van der Waals surface area contributed by atoms with E-state index in [-0.39, 0.29) is 0 Å². The molecule has 3 N–H and O–H groups in total. The number of aromatic nitrogens is 1. The molecular formula is C29H50N4O. The summed E-state index contributed by atoms with van der Waals surface area (Å²) in [5.74, 6) is 1.13. The van der Waals surface area contributed by atoms with Crippen LogP contribution in [0, 0.1) is 12.3 Å². The molecule has 0 aliphatic carbocycles. The van der Waals surface area contributed by atoms with Crippen molar-refractivity contribution in [2.24, 2.45) is 0 Å². The highest BCUT2D eigenvalue weighted by molar-refractivity contribution is 5.76. The normalized spacial score (nSPS) is 9.85. The first-order valence-corrected chi connectivity index (χ1v) is 12.8. The molecule has 0 aliphatic rings. The van der Waals surface area contributed by atoms with Crippen LogP contribution < -0.4 is 15.4 Å². The number of pyridine rings is 1. The highest BCUT2D eigenvalue weighted by Gasteiger charge is 2.08. The molecule has 0 saturated heterocycles. The second kappa shape index (κ2) is 22.0. The summed E-state index contributed by atoms with van der Waals surface area (Å²) in [4.78, 5) is 6.60. The number of nitrogen functional groups attached to an aromatic ring is 1. The maximum absolute atomic E-state index is 6.92. The predicted molar refractivity (Wildman–Crippen MR) is 153 cm³/mol. The quantitative estimate of drug-likeness (QED) is 0.272. The van der Waals surface area contributed by atoms with Gasteiger partial charge in [0.1, 0.15) is 5.82 Å². The number of benzene rings is 1. The lowest BCUT2D eigenvalue weighted by atomic mass is 10.2. The van der Waals surface area contributed by atoms with Gasteiger partial charge in [-0.2, -0.15) is 4.98 Å². The maximum atomic E-state index is 6.92. The van der Waals surface area contributed by atoms with Gasteiger partial charge in [0.2, 0.25) is 5.88 Å². The number of nitrogens with zero attached hydrogens (tertiary/aromatic N) is 2. The second-order valence-corrected chi connectivity index (χ2v) is 7.37. The van der Waals surface area contributed by atoms with E-state index in [1.165, 1.54) is 17.4 Å². The van der Waals surface area contributed by atoms with E-state index in [1.807, 2.05) is 77.9 Å². The molecule has 2 rings (SSSR count). The summed E-state index contributed by atoms with van der Waals surface area (Å²) in [6, 6.07) is 11.8. The van der Waals surface area contributed by atoms with Gasteiger partial charge in [0, 0.05) is 43.5 Å². The fourth-order valence-corrected chi connectivity index (χ4v) is 2.90. The van der Waals surface area contributed by atoms with Gasteiger partial charge in [0.05, 0.1) is 6.61 Å². The molecular weight excluding hydrogens is 420 g/mol. The standard InChI is InChI=1S/C17H29N3O.C8H9N.2C2H6/c1-5-9-20(10-6-2)15-12-16(18)19-17(13-15)21-11-8-14(4)7-3;1-7-3-2-4-8(5-7)6-9;2*1-2/h7,12-13H,5-6,8-11H2,1-4H3,(H2,18,19);2-6,9H,1H3;2*1-2H3/b14-7+;;;. The summed E-state index contributed by atoms with van der Waals surface area (Å²) >= 11 is 0. The van der Waals surface area contributed by atoms with Crippen LogP contribution in [0.2, 0.25) is 0 Å². The molecule has 0 radical (unpaired) electrons. The van der Waals surface area contributed by atoms with Crippen LogP contribution in [0.5, 0.6) is 5.88 Å². The third-order valence-corrected chi connectivity index (χ3v) is 4.61. The first-order chi connectivity index (χ1) is 16.4. The SMILES string of the molecule is C/C=C(\C)CCOc1cc(N(CCC)CCC)cc(N)n1.CC.CC.Cc1cccc(C=N)c1. The molecule has 5 nitrogen and oxygen atoms in total. The van der Waals surface area contributed by atoms with Crippen LogP contribution in [0.3, 0.4) is 0 Å². The number of nitrogens with two attached hydrogens (primary N) is 1. The lowest BCUT2D eigenvalue weighted by molar-refractivity contribution is 0.309. The van der Waals surface area contributed by atoms with Gasteiger partial charge >= 0.3 is 0 Å². The van der Waals surface area contributed by atoms with Gasteiger partial charge in [-0.05, 0) is 39.2 Å². The van der Waals surface area contributed by atoms with Crippen molar-refractivity contribution >= 4 is 17.7 Å². The predicted octanol–water partition coefficient (Wildman–Crippen LogP) is 8.07. The molecule has 0 amide bonds. The Labute approximate surface area is 210 Å². The lowest BCUT2D eigenvalue weighted by Gasteiger charge is -2.24. The van der Waals surface area contributed by atoms with E-state index in [0.29, 0.717) is 18.3 Å². The molecule has 0 atom stereocenters. The van der Waals surface area contributed by atoms with E-state index < -0.39 is 0 Å². The minimum absolute atomic E-state index is 0.516. The van der Waals surface area contributed by atoms with Crippen LogP contribution >= 0.6 is 0 Å². The summed E-state index contributed by atoms with van der Waals surface area (Å²) in [7, 11) is 0. The number of ether oxygens (including phenoxy) is 1. The average molecular weight is 471 g/mol. The number of hydrogen-bond acceptors (Lipinski definition) is 5. The van der Waals surface area contributed by atoms with Crippen molar-refractivity contribution < 1.29 is 4.74 Å². The molecule has 0 fully saturated rings. The monoisotopic (exact) mass is 470 g/mol. The summed E-state index contributed by atoms with van der Waals surface area (Å²) in [5.41, 5.74) is 10.5. The molecule has 0 bridgehead atoms. The van der Waals surface area contributed by atoms with Gasteiger partial charge in [-0.3, -0.25) is 0 Å². The Hall–Kier alpha value is -2.82. The highest BCUT2D eigenvalue weighted by atomic mass is 16.5. The first-order valence-electron chi connectivity index (χ1n) is 12.8. The van der Waals surface area contributed by atoms with E-state index in [0.717, 1.165) is 43.6 Å². The number of hydrogen-bond donors (Lipinski definition) is 2. The summed E-state index contributed by atoms with van der Waals surface area (Å²) in [6.45, 7) is 21.2. The molecule has 0 spiro atoms. The van der Waals surface area contributed by atoms with Gasteiger partial charge in [0.15, 0.2) is 0 Å². The Bertz CT molecular complexity index is 796. The minimum Gasteiger partial charge on any atom is -0.477 e. The average Bonchev–Trinajstić information content (AvgIpc) is 2.86. The molecule has 0 aliphatic heterocycles. The topological polar surface area (TPSA) is 75.2 Å². The van der Waals surface area contributed by atoms with E-state index in [9.17, 15) is 0 Å². The van der Waals surface area contributed by atoms with Crippen molar-refractivity contribution in [1.29, 1.82) is 5.41 Å². The van der Waals surface area contributed by atoms with Crippen LogP contribution in [0.4, 0.5) is 11.5 Å². The fraction of sp³-hybridized carbons (Fsp3) is 0.517. The van der Waals surface area contributed by atoms with Gasteiger partial charge in [-0.25, -0.2) is 0 Å². The van der Waals surface area contributed by atoms with Crippen molar-refractivity contribution in [2.45, 2.75) is 81.6 Å². The van der Waals surface area contributed by atoms with Gasteiger partial charge in [0.25, 0.3) is 0 Å². The van der Waals surface area contributed by atoms with Crippen LogP contribution in [0.1, 0.15) is 85.8 Å². The zero-order valence-corrected chi connectivity index (χ0v) is 23.2. The molecule has 5 heteroatoms. The van der Waals surface area contributed by atoms with Crippen molar-refractivity contribution in [3.63, 3.8) is 0 Å². The van der Waals surface area contributed by atoms with Crippen LogP contribution in [-0.4, -0.2) is 30.9 Å². The second-order valence-electron chi connectivity index (χ2n) is 7.37. The van der Waals surface area contributed by atoms with Crippen molar-refractivity contribution in [2.75, 3.05) is 30.3 Å². The van der Waals surface area contributed by atoms with Crippen molar-refractivity contribution in [3.05, 3.63) is 59.2 Å². The molecule has 0 saturated carbocycles. The highest BCUT2D eigenvalue weighted by Crippen LogP contribution is 2.23. The van der Waals surface area contributed by atoms with Gasteiger partial charge in [-0.15, -0.1) is 0 Å². The third kappa shape index (κ3) is 15.1. The number of rotatable bonds is 10. The Balaban J connectivity index is 0. The zero-order valence-electron chi connectivity index (χ0n) is 23.2. The smallest absolute Gasteiger partial charge is 0.217 e. The summed E-state index contributed by atoms with van der Waals surface area (Å²) in [6.07, 6.45) is 6.59. The van der Waals surface area contributed by atoms with E-state index in [4.69, 9.17) is 15.9 Å². The number of aryl methyl sites for hydroxylation is 1. The third-order valence-electron chi connectivity index (χ3n) is 4.61. The molecule has 1 aromatic carbocycles. The van der Waals surface area contributed by atoms with E-state index in [1.54, 1.807) is 0 Å². The summed E-state index contributed by atoms with van der Waals surface area (Å²) in [5, 5.41) is 6.92. The van der Waals surface area contributed by atoms with E-state index in [2.05, 4.69) is 36.7 Å². The minimum atomic E-state index is 0.516. The first kappa shape index (κ1) is 33.4. The van der Waals surface area contributed by atoms with Crippen molar-refractivity contribution in [1.82, 2.24) is 4.98 Å². The fourth-order valence-electron chi connectivity index (χ4n) is 2.90. The zero-order chi connectivity index (χ0) is 26.4. The van der Waals surface area contributed by atoms with Crippen LogP contribution in [0.25, 0.3) is 0 Å². The lowest BCUT2D eigenvalue weighted by Crippen LogP contribution is -2.25. The molecule has 34 heavy (non-hydrogen) atoms. The molecule has 0 unspecified atom stereocenters. The van der Waals surface area contributed by atoms with Gasteiger partial charge < -0.3 is 20.8 Å². The van der Waals surface area contributed by atoms with Crippen LogP contribution in [-0.2, 0) is 0 Å². The molecule has 192 valence electrons. The summed E-state index contributed by atoms with van der Waals surface area (Å²) < 4.78 is 5.75. The van der Waals surface area contributed by atoms with Crippen LogP contribution in [0.15, 0.2) is 48.0 Å². The Morgan fingerprint density at radius 2 is 1.68 bits per heavy atom. The van der Waals surface area contributed by atoms with E-state index >= 15 is 0 Å². The number of nitrogens with one attached hydrogen (secondary N) is 1.